The monoisotopic (exact) mass is 614 g/mol. The number of aliphatic hydroxyl groups excluding tert-OH is 2. The molecule has 1 saturated heterocycles. The molecular weight excluding hydrogens is 585 g/mol. The number of aromatic nitrogens is 1. The first-order valence-corrected chi connectivity index (χ1v) is 14.7. The standard InChI is InChI=1S/C15H20NO14P3S.3H3N/c1-34-9-3-2-8-4-5-16(14(19)10(8)6-9)15-13(18)12(17)11(28-15)7-27-32(23,24)30-33(25,26)29-31(20,21)22;;;/h2-6,11-13,15,17-18H,7H2,1H3,(H,23,24)(H,25,26)(H2,20,21,22);3*1H3/t11-,12-,13-,15-;;;/m1.../s1. The van der Waals surface area contributed by atoms with Gasteiger partial charge in [0.25, 0.3) is 29.0 Å². The molecule has 2 aromatic rings. The Morgan fingerprint density at radius 1 is 1.03 bits per heavy atom. The summed E-state index contributed by atoms with van der Waals surface area (Å²) in [6.07, 6.45) is -3.42. The second-order valence-electron chi connectivity index (χ2n) is 6.85. The molecule has 214 valence electrons. The van der Waals surface area contributed by atoms with E-state index in [1.54, 1.807) is 24.3 Å². The molecule has 0 saturated carbocycles. The van der Waals surface area contributed by atoms with Crippen LogP contribution in [0.5, 0.6) is 0 Å². The third-order valence-corrected chi connectivity index (χ3v) is 8.97. The Hall–Kier alpha value is -1.05. The number of pyridine rings is 1. The van der Waals surface area contributed by atoms with Crippen LogP contribution in [0.1, 0.15) is 6.23 Å². The van der Waals surface area contributed by atoms with Gasteiger partial charge in [0.1, 0.15) is 18.3 Å². The summed E-state index contributed by atoms with van der Waals surface area (Å²) in [4.78, 5) is 55.5. The lowest BCUT2D eigenvalue weighted by molar-refractivity contribution is -0.250. The summed E-state index contributed by atoms with van der Waals surface area (Å²) < 4.78 is 50.6. The minimum atomic E-state index is -6.10. The molecule has 0 radical (unpaired) electrons. The van der Waals surface area contributed by atoms with Crippen molar-refractivity contribution in [2.24, 2.45) is 0 Å². The molecule has 1 aliphatic heterocycles. The van der Waals surface area contributed by atoms with Gasteiger partial charge in [-0.25, -0.2) is 8.62 Å². The van der Waals surface area contributed by atoms with Crippen LogP contribution in [0.15, 0.2) is 40.2 Å². The lowest BCUT2D eigenvalue weighted by atomic mass is 10.1. The Kier molecular flexibility index (Phi) is 13.0. The van der Waals surface area contributed by atoms with Crippen molar-refractivity contribution in [2.75, 3.05) is 12.9 Å². The summed E-state index contributed by atoms with van der Waals surface area (Å²) in [7, 11) is -17.8. The summed E-state index contributed by atoms with van der Waals surface area (Å²) in [5, 5.41) is 21.4. The average Bonchev–Trinajstić information content (AvgIpc) is 2.98. The van der Waals surface area contributed by atoms with E-state index in [0.717, 1.165) is 9.46 Å². The molecule has 7 atom stereocenters. The molecule has 0 amide bonds. The molecule has 1 fully saturated rings. The van der Waals surface area contributed by atoms with E-state index in [1.807, 2.05) is 6.26 Å². The van der Waals surface area contributed by atoms with Gasteiger partial charge in [0.2, 0.25) is 0 Å². The van der Waals surface area contributed by atoms with Gasteiger partial charge in [0.15, 0.2) is 6.23 Å². The Bertz CT molecular complexity index is 1270. The van der Waals surface area contributed by atoms with Gasteiger partial charge in [-0.3, -0.25) is 23.1 Å². The van der Waals surface area contributed by atoms with Crippen LogP contribution in [-0.4, -0.2) is 50.8 Å². The number of hydrogen-bond acceptors (Lipinski definition) is 14. The SMILES string of the molecule is CSc1ccc2ccn([C@@H]3O[C@H](COP(=O)([O-])OP(=O)([O-])OP(=O)([O-])O)[C@@H](O)[C@H]3O)c(=O)c2c1.[NH4+].[NH4+].[NH4+]. The summed E-state index contributed by atoms with van der Waals surface area (Å²) in [6.45, 7) is -1.09. The van der Waals surface area contributed by atoms with E-state index in [9.17, 15) is 43.4 Å². The smallest absolute Gasteiger partial charge is 0.280 e. The average molecular weight is 614 g/mol. The van der Waals surface area contributed by atoms with E-state index in [1.165, 1.54) is 18.0 Å². The third kappa shape index (κ3) is 8.99. The number of quaternary nitrogens is 3. The Morgan fingerprint density at radius 3 is 2.22 bits per heavy atom. The lowest BCUT2D eigenvalue weighted by Crippen LogP contribution is -2.35. The van der Waals surface area contributed by atoms with Crippen molar-refractivity contribution in [1.82, 2.24) is 23.0 Å². The molecule has 37 heavy (non-hydrogen) atoms. The maximum atomic E-state index is 12.9. The van der Waals surface area contributed by atoms with Gasteiger partial charge in [-0.1, -0.05) is 6.07 Å². The Labute approximate surface area is 213 Å². The third-order valence-electron chi connectivity index (χ3n) is 4.55. The number of nitrogens with zero attached hydrogens (tertiary/aromatic N) is 1. The summed E-state index contributed by atoms with van der Waals surface area (Å²) in [5.74, 6) is 0. The first-order chi connectivity index (χ1) is 15.6. The van der Waals surface area contributed by atoms with Crippen molar-refractivity contribution >= 4 is 46.0 Å². The lowest BCUT2D eigenvalue weighted by Gasteiger charge is -2.33. The minimum Gasteiger partial charge on any atom is -0.756 e. The molecule has 18 nitrogen and oxygen atoms in total. The quantitative estimate of drug-likeness (QED) is 0.159. The van der Waals surface area contributed by atoms with Crippen LogP contribution in [0.4, 0.5) is 0 Å². The molecule has 1 aliphatic rings. The molecule has 1 aromatic heterocycles. The van der Waals surface area contributed by atoms with Crippen LogP contribution in [0.2, 0.25) is 0 Å². The van der Waals surface area contributed by atoms with Crippen molar-refractivity contribution in [1.29, 1.82) is 0 Å². The van der Waals surface area contributed by atoms with Gasteiger partial charge in [-0.05, 0) is 29.8 Å². The van der Waals surface area contributed by atoms with Crippen LogP contribution in [0.3, 0.4) is 0 Å². The Morgan fingerprint density at radius 2 is 1.65 bits per heavy atom. The first kappa shape index (κ1) is 35.9. The van der Waals surface area contributed by atoms with Gasteiger partial charge in [0.05, 0.1) is 6.61 Å². The zero-order valence-electron chi connectivity index (χ0n) is 19.9. The molecule has 3 rings (SSSR count). The number of fused-ring (bicyclic) bond motifs is 1. The van der Waals surface area contributed by atoms with Crippen molar-refractivity contribution in [3.8, 4) is 0 Å². The molecular formula is C15H29N4O14P3S. The fourth-order valence-corrected chi connectivity index (χ4v) is 6.45. The number of phosphoric ester groups is 1. The second kappa shape index (κ2) is 13.3. The summed E-state index contributed by atoms with van der Waals surface area (Å²) in [5.41, 5.74) is -0.570. The topological polar surface area (TPSA) is 350 Å². The summed E-state index contributed by atoms with van der Waals surface area (Å²) in [6, 6.07) is 6.71. The van der Waals surface area contributed by atoms with Crippen molar-refractivity contribution < 1.29 is 61.4 Å². The van der Waals surface area contributed by atoms with Crippen LogP contribution in [0, 0.1) is 0 Å². The number of hydrogen-bond donors (Lipinski definition) is 6. The highest BCUT2D eigenvalue weighted by molar-refractivity contribution is 7.98. The molecule has 15 N–H and O–H groups in total. The zero-order chi connectivity index (χ0) is 25.5. The van der Waals surface area contributed by atoms with Crippen LogP contribution in [0.25, 0.3) is 10.8 Å². The van der Waals surface area contributed by atoms with Gasteiger partial charge in [-0.15, -0.1) is 11.8 Å². The second-order valence-corrected chi connectivity index (χ2v) is 12.0. The van der Waals surface area contributed by atoms with Gasteiger partial charge < -0.3 is 57.5 Å². The fraction of sp³-hybridized carbons (Fsp3) is 0.400. The number of rotatable bonds is 9. The van der Waals surface area contributed by atoms with E-state index in [0.29, 0.717) is 10.8 Å². The molecule has 3 unspecified atom stereocenters. The molecule has 0 bridgehead atoms. The van der Waals surface area contributed by atoms with Crippen LogP contribution in [-0.2, 0) is 31.6 Å². The number of ether oxygens (including phenoxy) is 1. The maximum Gasteiger partial charge on any atom is 0.280 e. The number of aliphatic hydroxyl groups is 2. The Balaban J connectivity index is 0.00000432. The highest BCUT2D eigenvalue weighted by atomic mass is 32.2. The van der Waals surface area contributed by atoms with Crippen molar-refractivity contribution in [3.05, 3.63) is 40.8 Å². The molecule has 1 aromatic carbocycles. The molecule has 0 aliphatic carbocycles. The molecule has 0 spiro atoms. The van der Waals surface area contributed by atoms with Crippen LogP contribution >= 0.6 is 35.2 Å². The minimum absolute atomic E-state index is 0. The van der Waals surface area contributed by atoms with Gasteiger partial charge >= 0.3 is 0 Å². The normalized spacial score (nSPS) is 26.0. The maximum absolute atomic E-state index is 12.9. The predicted octanol–water partition coefficient (Wildman–Crippen LogP) is -0.0815. The fourth-order valence-electron chi connectivity index (χ4n) is 3.11. The highest BCUT2D eigenvalue weighted by Crippen LogP contribution is 2.61. The van der Waals surface area contributed by atoms with E-state index in [4.69, 9.17) is 9.63 Å². The van der Waals surface area contributed by atoms with Crippen molar-refractivity contribution in [3.63, 3.8) is 0 Å². The van der Waals surface area contributed by atoms with Gasteiger partial charge in [-0.2, -0.15) is 0 Å². The van der Waals surface area contributed by atoms with E-state index in [-0.39, 0.29) is 18.5 Å². The van der Waals surface area contributed by atoms with Gasteiger partial charge in [0, 0.05) is 16.5 Å². The predicted molar refractivity (Wildman–Crippen MR) is 127 cm³/mol. The number of thioether (sulfide) groups is 1. The molecule has 2 heterocycles. The van der Waals surface area contributed by atoms with Crippen LogP contribution < -0.4 is 38.7 Å². The number of benzene rings is 1. The van der Waals surface area contributed by atoms with Crippen molar-refractivity contribution in [2.45, 2.75) is 29.4 Å². The zero-order valence-corrected chi connectivity index (χ0v) is 23.4. The first-order valence-electron chi connectivity index (χ1n) is 9.06. The van der Waals surface area contributed by atoms with E-state index in [2.05, 4.69) is 13.1 Å². The van der Waals surface area contributed by atoms with E-state index < -0.39 is 60.2 Å². The summed E-state index contributed by atoms with van der Waals surface area (Å²) >= 11 is 1.40. The highest BCUT2D eigenvalue weighted by Gasteiger charge is 2.44. The largest absolute Gasteiger partial charge is 0.756 e. The van der Waals surface area contributed by atoms with E-state index >= 15 is 0 Å². The molecule has 22 heteroatoms. The number of phosphoric acid groups is 3.